The maximum atomic E-state index is 10.9. The molecule has 5 nitrogen and oxygen atoms in total. The molecule has 1 heterocycles. The summed E-state index contributed by atoms with van der Waals surface area (Å²) >= 11 is 0. The number of anilines is 2. The Hall–Kier alpha value is -2.43. The number of hydrogen-bond donors (Lipinski definition) is 2. The smallest absolute Gasteiger partial charge is 0.335 e. The molecule has 0 aliphatic rings. The van der Waals surface area contributed by atoms with Gasteiger partial charge in [0, 0.05) is 23.9 Å². The Bertz CT molecular complexity index is 611. The summed E-state index contributed by atoms with van der Waals surface area (Å²) in [6.07, 6.45) is 0.755. The molecule has 0 fully saturated rings. The summed E-state index contributed by atoms with van der Waals surface area (Å²) in [4.78, 5) is 19.6. The van der Waals surface area contributed by atoms with Crippen molar-refractivity contribution in [1.29, 1.82) is 0 Å². The highest BCUT2D eigenvalue weighted by Crippen LogP contribution is 2.17. The molecule has 1 aromatic heterocycles. The lowest BCUT2D eigenvalue weighted by molar-refractivity contribution is 0.0697. The third-order valence-electron chi connectivity index (χ3n) is 2.60. The quantitative estimate of drug-likeness (QED) is 0.880. The van der Waals surface area contributed by atoms with Gasteiger partial charge in [0.1, 0.15) is 11.6 Å². The van der Waals surface area contributed by atoms with E-state index in [0.717, 1.165) is 17.9 Å². The van der Waals surface area contributed by atoms with Crippen molar-refractivity contribution in [3.63, 3.8) is 0 Å². The molecule has 0 aliphatic carbocycles. The molecule has 5 heteroatoms. The van der Waals surface area contributed by atoms with Crippen LogP contribution in [0.15, 0.2) is 30.3 Å². The van der Waals surface area contributed by atoms with Crippen molar-refractivity contribution >= 4 is 17.5 Å². The lowest BCUT2D eigenvalue weighted by atomic mass is 10.2. The van der Waals surface area contributed by atoms with E-state index in [1.165, 1.54) is 0 Å². The van der Waals surface area contributed by atoms with Crippen LogP contribution >= 0.6 is 0 Å². The molecular formula is C14H15N3O2. The van der Waals surface area contributed by atoms with E-state index in [1.807, 2.05) is 19.9 Å². The van der Waals surface area contributed by atoms with Gasteiger partial charge < -0.3 is 10.4 Å². The SMILES string of the molecule is CCc1nc(C)cc(Nc2cccc(C(=O)O)c2)n1. The number of benzene rings is 1. The number of carboxylic acid groups (broad SMARTS) is 1. The third-order valence-corrected chi connectivity index (χ3v) is 2.60. The van der Waals surface area contributed by atoms with Crippen LogP contribution in [0.3, 0.4) is 0 Å². The van der Waals surface area contributed by atoms with Gasteiger partial charge in [0.15, 0.2) is 0 Å². The molecule has 2 rings (SSSR count). The van der Waals surface area contributed by atoms with E-state index in [9.17, 15) is 4.79 Å². The predicted octanol–water partition coefficient (Wildman–Crippen LogP) is 2.79. The first-order chi connectivity index (χ1) is 9.08. The first kappa shape index (κ1) is 13.0. The van der Waals surface area contributed by atoms with E-state index >= 15 is 0 Å². The van der Waals surface area contributed by atoms with Crippen LogP contribution < -0.4 is 5.32 Å². The largest absolute Gasteiger partial charge is 0.478 e. The monoisotopic (exact) mass is 257 g/mol. The highest BCUT2D eigenvalue weighted by Gasteiger charge is 2.05. The molecule has 0 atom stereocenters. The van der Waals surface area contributed by atoms with E-state index in [4.69, 9.17) is 5.11 Å². The van der Waals surface area contributed by atoms with Gasteiger partial charge in [-0.05, 0) is 25.1 Å². The minimum Gasteiger partial charge on any atom is -0.478 e. The molecule has 0 saturated carbocycles. The van der Waals surface area contributed by atoms with E-state index < -0.39 is 5.97 Å². The number of rotatable bonds is 4. The summed E-state index contributed by atoms with van der Waals surface area (Å²) in [5.41, 5.74) is 1.82. The number of carbonyl (C=O) groups is 1. The molecular weight excluding hydrogens is 242 g/mol. The normalized spacial score (nSPS) is 10.2. The zero-order valence-corrected chi connectivity index (χ0v) is 10.8. The van der Waals surface area contributed by atoms with Gasteiger partial charge in [0.25, 0.3) is 0 Å². The highest BCUT2D eigenvalue weighted by molar-refractivity contribution is 5.89. The Balaban J connectivity index is 2.28. The number of nitrogens with one attached hydrogen (secondary N) is 1. The van der Waals surface area contributed by atoms with Gasteiger partial charge in [-0.3, -0.25) is 0 Å². The maximum absolute atomic E-state index is 10.9. The zero-order chi connectivity index (χ0) is 13.8. The van der Waals surface area contributed by atoms with Crippen molar-refractivity contribution in [3.8, 4) is 0 Å². The summed E-state index contributed by atoms with van der Waals surface area (Å²) in [7, 11) is 0. The number of nitrogens with zero attached hydrogens (tertiary/aromatic N) is 2. The highest BCUT2D eigenvalue weighted by atomic mass is 16.4. The molecule has 0 unspecified atom stereocenters. The van der Waals surface area contributed by atoms with Crippen molar-refractivity contribution < 1.29 is 9.90 Å². The molecule has 19 heavy (non-hydrogen) atoms. The van der Waals surface area contributed by atoms with Crippen LogP contribution in [-0.2, 0) is 6.42 Å². The predicted molar refractivity (Wildman–Crippen MR) is 72.8 cm³/mol. The van der Waals surface area contributed by atoms with E-state index in [0.29, 0.717) is 11.5 Å². The molecule has 0 amide bonds. The van der Waals surface area contributed by atoms with Crippen molar-refractivity contribution in [2.75, 3.05) is 5.32 Å². The van der Waals surface area contributed by atoms with Gasteiger partial charge in [-0.1, -0.05) is 13.0 Å². The van der Waals surface area contributed by atoms with Gasteiger partial charge >= 0.3 is 5.97 Å². The van der Waals surface area contributed by atoms with Crippen LogP contribution in [0.2, 0.25) is 0 Å². The van der Waals surface area contributed by atoms with Crippen LogP contribution in [0.4, 0.5) is 11.5 Å². The molecule has 98 valence electrons. The van der Waals surface area contributed by atoms with Crippen LogP contribution in [-0.4, -0.2) is 21.0 Å². The van der Waals surface area contributed by atoms with Crippen molar-refractivity contribution in [2.45, 2.75) is 20.3 Å². The third kappa shape index (κ3) is 3.28. The molecule has 0 saturated heterocycles. The second kappa shape index (κ2) is 5.48. The number of carboxylic acids is 1. The van der Waals surface area contributed by atoms with Gasteiger partial charge in [-0.15, -0.1) is 0 Å². The van der Waals surface area contributed by atoms with E-state index in [2.05, 4.69) is 15.3 Å². The average Bonchev–Trinajstić information content (AvgIpc) is 2.38. The summed E-state index contributed by atoms with van der Waals surface area (Å²) in [5, 5.41) is 12.0. The van der Waals surface area contributed by atoms with Gasteiger partial charge in [-0.25, -0.2) is 14.8 Å². The van der Waals surface area contributed by atoms with Crippen molar-refractivity contribution in [1.82, 2.24) is 9.97 Å². The van der Waals surface area contributed by atoms with Crippen LogP contribution in [0, 0.1) is 6.92 Å². The summed E-state index contributed by atoms with van der Waals surface area (Å²) in [5.74, 6) is 0.487. The fourth-order valence-electron chi connectivity index (χ4n) is 1.73. The summed E-state index contributed by atoms with van der Waals surface area (Å²) in [6, 6.07) is 8.45. The topological polar surface area (TPSA) is 75.1 Å². The Kier molecular flexibility index (Phi) is 3.75. The molecule has 2 N–H and O–H groups in total. The molecule has 0 radical (unpaired) electrons. The van der Waals surface area contributed by atoms with Gasteiger partial charge in [0.05, 0.1) is 5.56 Å². The molecule has 0 bridgehead atoms. The molecule has 2 aromatic rings. The Morgan fingerprint density at radius 3 is 2.79 bits per heavy atom. The summed E-state index contributed by atoms with van der Waals surface area (Å²) in [6.45, 7) is 3.89. The second-order valence-electron chi connectivity index (χ2n) is 4.18. The Morgan fingerprint density at radius 2 is 2.11 bits per heavy atom. The standard InChI is InChI=1S/C14H15N3O2/c1-3-12-15-9(2)7-13(17-12)16-11-6-4-5-10(8-11)14(18)19/h4-8H,3H2,1-2H3,(H,18,19)(H,15,16,17). The van der Waals surface area contributed by atoms with Gasteiger partial charge in [-0.2, -0.15) is 0 Å². The first-order valence-electron chi connectivity index (χ1n) is 6.03. The second-order valence-corrected chi connectivity index (χ2v) is 4.18. The van der Waals surface area contributed by atoms with Crippen molar-refractivity contribution in [2.24, 2.45) is 0 Å². The number of aromatic nitrogens is 2. The number of aryl methyl sites for hydroxylation is 2. The molecule has 0 aliphatic heterocycles. The van der Waals surface area contributed by atoms with Crippen LogP contribution in [0.1, 0.15) is 28.8 Å². The van der Waals surface area contributed by atoms with E-state index in [-0.39, 0.29) is 5.56 Å². The summed E-state index contributed by atoms with van der Waals surface area (Å²) < 4.78 is 0. The average molecular weight is 257 g/mol. The molecule has 1 aromatic carbocycles. The lowest BCUT2D eigenvalue weighted by Gasteiger charge is -2.08. The maximum Gasteiger partial charge on any atom is 0.335 e. The van der Waals surface area contributed by atoms with Crippen LogP contribution in [0.25, 0.3) is 0 Å². The lowest BCUT2D eigenvalue weighted by Crippen LogP contribution is -2.02. The first-order valence-corrected chi connectivity index (χ1v) is 6.03. The Labute approximate surface area is 111 Å². The number of hydrogen-bond acceptors (Lipinski definition) is 4. The fourth-order valence-corrected chi connectivity index (χ4v) is 1.73. The van der Waals surface area contributed by atoms with Gasteiger partial charge in [0.2, 0.25) is 0 Å². The minimum atomic E-state index is -0.947. The molecule has 0 spiro atoms. The fraction of sp³-hybridized carbons (Fsp3) is 0.214. The Morgan fingerprint density at radius 1 is 1.32 bits per heavy atom. The van der Waals surface area contributed by atoms with Crippen molar-refractivity contribution in [3.05, 3.63) is 47.4 Å². The van der Waals surface area contributed by atoms with Crippen LogP contribution in [0.5, 0.6) is 0 Å². The zero-order valence-electron chi connectivity index (χ0n) is 10.8. The minimum absolute atomic E-state index is 0.242. The van der Waals surface area contributed by atoms with E-state index in [1.54, 1.807) is 24.3 Å². The number of aromatic carboxylic acids is 1.